The van der Waals surface area contributed by atoms with E-state index in [2.05, 4.69) is 17.0 Å². The summed E-state index contributed by atoms with van der Waals surface area (Å²) in [5.41, 5.74) is 2.60. The zero-order valence-corrected chi connectivity index (χ0v) is 14.9. The molecule has 4 heteroatoms. The van der Waals surface area contributed by atoms with Crippen molar-refractivity contribution in [3.63, 3.8) is 0 Å². The van der Waals surface area contributed by atoms with E-state index in [1.54, 1.807) is 37.5 Å². The van der Waals surface area contributed by atoms with E-state index in [1.807, 2.05) is 18.2 Å². The predicted octanol–water partition coefficient (Wildman–Crippen LogP) is 4.48. The maximum absolute atomic E-state index is 12.6. The topological polar surface area (TPSA) is 53.3 Å². The second-order valence-corrected chi connectivity index (χ2v) is 6.37. The molecule has 0 radical (unpaired) electrons. The van der Waals surface area contributed by atoms with Crippen molar-refractivity contribution in [3.05, 3.63) is 65.2 Å². The van der Waals surface area contributed by atoms with E-state index in [0.29, 0.717) is 11.3 Å². The molecule has 0 N–H and O–H groups in total. The molecular formula is C22H22N2O2. The molecule has 0 unspecified atom stereocenters. The van der Waals surface area contributed by atoms with Crippen LogP contribution in [0.1, 0.15) is 35.2 Å². The van der Waals surface area contributed by atoms with Crippen molar-refractivity contribution in [3.8, 4) is 11.8 Å². The monoisotopic (exact) mass is 346 g/mol. The third-order valence-electron chi connectivity index (χ3n) is 4.62. The van der Waals surface area contributed by atoms with Crippen LogP contribution in [0.3, 0.4) is 0 Å². The van der Waals surface area contributed by atoms with E-state index in [4.69, 9.17) is 4.74 Å². The second-order valence-electron chi connectivity index (χ2n) is 6.37. The van der Waals surface area contributed by atoms with Gasteiger partial charge in [0.1, 0.15) is 17.4 Å². The van der Waals surface area contributed by atoms with Crippen LogP contribution in [-0.2, 0) is 0 Å². The summed E-state index contributed by atoms with van der Waals surface area (Å²) in [6.45, 7) is 2.18. The van der Waals surface area contributed by atoms with Crippen LogP contribution in [-0.4, -0.2) is 26.0 Å². The smallest absolute Gasteiger partial charge is 0.203 e. The molecular weight excluding hydrogens is 324 g/mol. The van der Waals surface area contributed by atoms with Crippen LogP contribution in [0, 0.1) is 11.3 Å². The first-order valence-corrected chi connectivity index (χ1v) is 8.87. The molecule has 2 aromatic rings. The van der Waals surface area contributed by atoms with Gasteiger partial charge >= 0.3 is 0 Å². The molecule has 132 valence electrons. The number of allylic oxidation sites excluding steroid dienone is 1. The Morgan fingerprint density at radius 2 is 1.85 bits per heavy atom. The number of piperidine rings is 1. The molecule has 4 nitrogen and oxygen atoms in total. The minimum Gasteiger partial charge on any atom is -0.497 e. The molecule has 0 spiro atoms. The number of hydrogen-bond acceptors (Lipinski definition) is 4. The van der Waals surface area contributed by atoms with Crippen LogP contribution in [0.25, 0.3) is 6.08 Å². The predicted molar refractivity (Wildman–Crippen MR) is 103 cm³/mol. The summed E-state index contributed by atoms with van der Waals surface area (Å²) in [6, 6.07) is 16.9. The quantitative estimate of drug-likeness (QED) is 0.455. The first-order chi connectivity index (χ1) is 12.7. The van der Waals surface area contributed by atoms with Gasteiger partial charge in [-0.1, -0.05) is 24.3 Å². The number of Topliss-reactive ketones (excluding diaryl/α,β-unsaturated/α-hetero) is 1. The van der Waals surface area contributed by atoms with Gasteiger partial charge in [0.05, 0.1) is 7.11 Å². The number of anilines is 1. The molecule has 0 aliphatic carbocycles. The maximum Gasteiger partial charge on any atom is 0.203 e. The number of methoxy groups -OCH3 is 1. The Hall–Kier alpha value is -3.06. The van der Waals surface area contributed by atoms with Gasteiger partial charge in [0, 0.05) is 24.3 Å². The summed E-state index contributed by atoms with van der Waals surface area (Å²) in [7, 11) is 1.55. The molecule has 0 bridgehead atoms. The lowest BCUT2D eigenvalue weighted by Gasteiger charge is -2.28. The van der Waals surface area contributed by atoms with E-state index < -0.39 is 0 Å². The van der Waals surface area contributed by atoms with Gasteiger partial charge in [-0.05, 0) is 55.2 Å². The van der Waals surface area contributed by atoms with Crippen LogP contribution < -0.4 is 9.64 Å². The van der Waals surface area contributed by atoms with Crippen LogP contribution in [0.2, 0.25) is 0 Å². The minimum atomic E-state index is -0.300. The normalized spacial score (nSPS) is 14.6. The van der Waals surface area contributed by atoms with Gasteiger partial charge in [0.15, 0.2) is 0 Å². The number of benzene rings is 2. The highest BCUT2D eigenvalue weighted by Gasteiger charge is 2.14. The third-order valence-corrected chi connectivity index (χ3v) is 4.62. The molecule has 2 aromatic carbocycles. The molecule has 0 saturated carbocycles. The molecule has 0 amide bonds. The Morgan fingerprint density at radius 1 is 1.12 bits per heavy atom. The van der Waals surface area contributed by atoms with Crippen LogP contribution >= 0.6 is 0 Å². The van der Waals surface area contributed by atoms with Crippen molar-refractivity contribution in [1.82, 2.24) is 0 Å². The number of rotatable bonds is 5. The van der Waals surface area contributed by atoms with E-state index in [-0.39, 0.29) is 11.4 Å². The first kappa shape index (κ1) is 17.8. The average Bonchev–Trinajstić information content (AvgIpc) is 2.72. The highest BCUT2D eigenvalue weighted by Crippen LogP contribution is 2.22. The van der Waals surface area contributed by atoms with Crippen molar-refractivity contribution >= 4 is 17.5 Å². The fourth-order valence-electron chi connectivity index (χ4n) is 3.17. The Balaban J connectivity index is 1.79. The van der Waals surface area contributed by atoms with E-state index in [9.17, 15) is 10.1 Å². The fraction of sp³-hybridized carbons (Fsp3) is 0.273. The molecule has 1 aliphatic heterocycles. The minimum absolute atomic E-state index is 0.115. The van der Waals surface area contributed by atoms with Crippen molar-refractivity contribution in [2.75, 3.05) is 25.1 Å². The van der Waals surface area contributed by atoms with Gasteiger partial charge in [-0.15, -0.1) is 0 Å². The first-order valence-electron chi connectivity index (χ1n) is 8.87. The molecule has 1 aliphatic rings. The highest BCUT2D eigenvalue weighted by molar-refractivity contribution is 6.14. The highest BCUT2D eigenvalue weighted by atomic mass is 16.5. The summed E-state index contributed by atoms with van der Waals surface area (Å²) >= 11 is 0. The third kappa shape index (κ3) is 4.12. The molecule has 26 heavy (non-hydrogen) atoms. The summed E-state index contributed by atoms with van der Waals surface area (Å²) in [5, 5.41) is 9.43. The Labute approximate surface area is 154 Å². The lowest BCUT2D eigenvalue weighted by molar-refractivity contribution is 0.103. The Bertz CT molecular complexity index is 841. The van der Waals surface area contributed by atoms with Crippen molar-refractivity contribution < 1.29 is 9.53 Å². The molecule has 3 rings (SSSR count). The van der Waals surface area contributed by atoms with Gasteiger partial charge in [-0.2, -0.15) is 5.26 Å². The van der Waals surface area contributed by atoms with Crippen LogP contribution in [0.15, 0.2) is 54.1 Å². The standard InChI is InChI=1S/C22H22N2O2/c1-26-21-7-5-6-18(15-21)22(25)19(16-23)14-17-8-10-20(11-9-17)24-12-3-2-4-13-24/h5-11,14-15H,2-4,12-13H2,1H3/b19-14+. The van der Waals surface area contributed by atoms with E-state index in [1.165, 1.54) is 24.9 Å². The number of nitriles is 1. The van der Waals surface area contributed by atoms with E-state index >= 15 is 0 Å². The van der Waals surface area contributed by atoms with Crippen molar-refractivity contribution in [1.29, 1.82) is 5.26 Å². The van der Waals surface area contributed by atoms with Gasteiger partial charge in [-0.3, -0.25) is 4.79 Å². The zero-order valence-electron chi connectivity index (χ0n) is 14.9. The van der Waals surface area contributed by atoms with Gasteiger partial charge in [0.2, 0.25) is 5.78 Å². The molecule has 0 atom stereocenters. The van der Waals surface area contributed by atoms with E-state index in [0.717, 1.165) is 18.7 Å². The molecule has 0 aromatic heterocycles. The Morgan fingerprint density at radius 3 is 2.50 bits per heavy atom. The van der Waals surface area contributed by atoms with Crippen LogP contribution in [0.5, 0.6) is 5.75 Å². The molecule has 1 fully saturated rings. The van der Waals surface area contributed by atoms with Crippen LogP contribution in [0.4, 0.5) is 5.69 Å². The number of carbonyl (C=O) groups excluding carboxylic acids is 1. The number of ether oxygens (including phenoxy) is 1. The van der Waals surface area contributed by atoms with Gasteiger partial charge in [-0.25, -0.2) is 0 Å². The Kier molecular flexibility index (Phi) is 5.70. The number of hydrogen-bond donors (Lipinski definition) is 0. The molecule has 1 heterocycles. The average molecular weight is 346 g/mol. The number of nitrogens with zero attached hydrogens (tertiary/aromatic N) is 2. The largest absolute Gasteiger partial charge is 0.497 e. The van der Waals surface area contributed by atoms with Gasteiger partial charge < -0.3 is 9.64 Å². The number of carbonyl (C=O) groups is 1. The van der Waals surface area contributed by atoms with Gasteiger partial charge in [0.25, 0.3) is 0 Å². The fourth-order valence-corrected chi connectivity index (χ4v) is 3.17. The lowest BCUT2D eigenvalue weighted by atomic mass is 10.0. The maximum atomic E-state index is 12.6. The lowest BCUT2D eigenvalue weighted by Crippen LogP contribution is -2.29. The summed E-state index contributed by atoms with van der Waals surface area (Å²) in [5.74, 6) is 0.297. The SMILES string of the molecule is COc1cccc(C(=O)/C(C#N)=C/c2ccc(N3CCCCC3)cc2)c1. The van der Waals surface area contributed by atoms with Crippen molar-refractivity contribution in [2.24, 2.45) is 0 Å². The second kappa shape index (κ2) is 8.35. The zero-order chi connectivity index (χ0) is 18.4. The number of ketones is 1. The summed E-state index contributed by atoms with van der Waals surface area (Å²) in [6.07, 6.45) is 5.40. The van der Waals surface area contributed by atoms with Crippen molar-refractivity contribution in [2.45, 2.75) is 19.3 Å². The summed E-state index contributed by atoms with van der Waals surface area (Å²) in [4.78, 5) is 15.0. The summed E-state index contributed by atoms with van der Waals surface area (Å²) < 4.78 is 5.15. The molecule has 1 saturated heterocycles.